The molecule has 1 unspecified atom stereocenters. The van der Waals surface area contributed by atoms with Gasteiger partial charge in [0.1, 0.15) is 5.76 Å². The molecule has 100 valence electrons. The van der Waals surface area contributed by atoms with Crippen LogP contribution in [0.25, 0.3) is 0 Å². The van der Waals surface area contributed by atoms with Crippen LogP contribution in [0.4, 0.5) is 0 Å². The third-order valence-electron chi connectivity index (χ3n) is 3.34. The first-order valence-electron chi connectivity index (χ1n) is 6.53. The predicted octanol–water partition coefficient (Wildman–Crippen LogP) is 0.984. The maximum Gasteiger partial charge on any atom is 0.224 e. The van der Waals surface area contributed by atoms with Gasteiger partial charge in [-0.1, -0.05) is 5.16 Å². The molecule has 18 heavy (non-hydrogen) atoms. The quantitative estimate of drug-likeness (QED) is 0.866. The van der Waals surface area contributed by atoms with Gasteiger partial charge in [0.05, 0.1) is 11.6 Å². The lowest BCUT2D eigenvalue weighted by molar-refractivity contribution is -0.126. The first-order valence-corrected chi connectivity index (χ1v) is 6.53. The zero-order chi connectivity index (χ0) is 13.0. The highest BCUT2D eigenvalue weighted by atomic mass is 16.5. The Morgan fingerprint density at radius 2 is 2.50 bits per heavy atom. The highest BCUT2D eigenvalue weighted by Gasteiger charge is 2.23. The van der Waals surface area contributed by atoms with Crippen molar-refractivity contribution in [1.82, 2.24) is 15.4 Å². The van der Waals surface area contributed by atoms with Crippen LogP contribution in [0.2, 0.25) is 0 Å². The van der Waals surface area contributed by atoms with Crippen LogP contribution in [-0.4, -0.2) is 42.6 Å². The van der Waals surface area contributed by atoms with Crippen LogP contribution in [0.15, 0.2) is 10.6 Å². The number of amides is 1. The molecule has 1 aromatic rings. The van der Waals surface area contributed by atoms with Crippen LogP contribution in [0, 0.1) is 12.8 Å². The summed E-state index contributed by atoms with van der Waals surface area (Å²) in [6.07, 6.45) is 2.81. The molecule has 1 aliphatic rings. The van der Waals surface area contributed by atoms with E-state index in [0.717, 1.165) is 37.4 Å². The van der Waals surface area contributed by atoms with E-state index in [1.807, 2.05) is 13.0 Å². The number of aryl methyl sites for hydroxylation is 1. The second-order valence-corrected chi connectivity index (χ2v) is 5.08. The van der Waals surface area contributed by atoms with E-state index in [1.54, 1.807) is 0 Å². The number of hydrogen-bond donors (Lipinski definition) is 1. The van der Waals surface area contributed by atoms with Gasteiger partial charge < -0.3 is 14.7 Å². The number of nitrogens with zero attached hydrogens (tertiary/aromatic N) is 2. The van der Waals surface area contributed by atoms with Gasteiger partial charge in [-0.15, -0.1) is 0 Å². The maximum atomic E-state index is 12.0. The van der Waals surface area contributed by atoms with Gasteiger partial charge in [0.2, 0.25) is 5.91 Å². The smallest absolute Gasteiger partial charge is 0.224 e. The second-order valence-electron chi connectivity index (χ2n) is 5.08. The van der Waals surface area contributed by atoms with E-state index in [1.165, 1.54) is 0 Å². The highest BCUT2D eigenvalue weighted by molar-refractivity contribution is 5.78. The van der Waals surface area contributed by atoms with Crippen molar-refractivity contribution >= 4 is 5.91 Å². The number of likely N-dealkylation sites (tertiary alicyclic amines) is 1. The van der Waals surface area contributed by atoms with Crippen LogP contribution < -0.4 is 5.32 Å². The first-order chi connectivity index (χ1) is 8.65. The fraction of sp³-hybridized carbons (Fsp3) is 0.692. The van der Waals surface area contributed by atoms with Crippen molar-refractivity contribution in [1.29, 1.82) is 0 Å². The van der Waals surface area contributed by atoms with Gasteiger partial charge in [-0.2, -0.15) is 0 Å². The number of aromatic nitrogens is 1. The van der Waals surface area contributed by atoms with Crippen molar-refractivity contribution in [3.8, 4) is 0 Å². The predicted molar refractivity (Wildman–Crippen MR) is 68.2 cm³/mol. The SMILES string of the molecule is Cc1cc(CCNC(=O)C2CCCN(C)C2)on1. The molecule has 0 bridgehead atoms. The average molecular weight is 251 g/mol. The van der Waals surface area contributed by atoms with E-state index in [-0.39, 0.29) is 11.8 Å². The van der Waals surface area contributed by atoms with E-state index in [9.17, 15) is 4.79 Å². The molecule has 0 radical (unpaired) electrons. The Balaban J connectivity index is 1.71. The maximum absolute atomic E-state index is 12.0. The molecular formula is C13H21N3O2. The van der Waals surface area contributed by atoms with Crippen LogP contribution in [0.1, 0.15) is 24.3 Å². The molecular weight excluding hydrogens is 230 g/mol. The molecule has 1 fully saturated rings. The van der Waals surface area contributed by atoms with Crippen molar-refractivity contribution in [3.05, 3.63) is 17.5 Å². The Hall–Kier alpha value is -1.36. The van der Waals surface area contributed by atoms with Crippen molar-refractivity contribution < 1.29 is 9.32 Å². The lowest BCUT2D eigenvalue weighted by atomic mass is 9.97. The van der Waals surface area contributed by atoms with Crippen LogP contribution >= 0.6 is 0 Å². The molecule has 5 nitrogen and oxygen atoms in total. The summed E-state index contributed by atoms with van der Waals surface area (Å²) in [6.45, 7) is 4.48. The lowest BCUT2D eigenvalue weighted by Gasteiger charge is -2.28. The minimum atomic E-state index is 0.139. The first kappa shape index (κ1) is 13.1. The Bertz CT molecular complexity index is 403. The van der Waals surface area contributed by atoms with Crippen LogP contribution in [-0.2, 0) is 11.2 Å². The number of hydrogen-bond acceptors (Lipinski definition) is 4. The van der Waals surface area contributed by atoms with E-state index in [2.05, 4.69) is 22.4 Å². The Morgan fingerprint density at radius 1 is 1.67 bits per heavy atom. The van der Waals surface area contributed by atoms with Crippen molar-refractivity contribution in [2.75, 3.05) is 26.7 Å². The lowest BCUT2D eigenvalue weighted by Crippen LogP contribution is -2.41. The molecule has 1 N–H and O–H groups in total. The van der Waals surface area contributed by atoms with E-state index in [0.29, 0.717) is 13.0 Å². The summed E-state index contributed by atoms with van der Waals surface area (Å²) in [4.78, 5) is 14.2. The molecule has 2 rings (SSSR count). The van der Waals surface area contributed by atoms with Crippen molar-refractivity contribution in [2.45, 2.75) is 26.2 Å². The van der Waals surface area contributed by atoms with E-state index in [4.69, 9.17) is 4.52 Å². The molecule has 1 saturated heterocycles. The molecule has 0 aliphatic carbocycles. The summed E-state index contributed by atoms with van der Waals surface area (Å²) >= 11 is 0. The minimum absolute atomic E-state index is 0.139. The fourth-order valence-electron chi connectivity index (χ4n) is 2.37. The molecule has 1 aliphatic heterocycles. The zero-order valence-corrected chi connectivity index (χ0v) is 11.1. The third kappa shape index (κ3) is 3.57. The number of piperidine rings is 1. The monoisotopic (exact) mass is 251 g/mol. The number of carbonyl (C=O) groups excluding carboxylic acids is 1. The van der Waals surface area contributed by atoms with Gasteiger partial charge in [0.25, 0.3) is 0 Å². The summed E-state index contributed by atoms with van der Waals surface area (Å²) in [5.74, 6) is 1.13. The van der Waals surface area contributed by atoms with Crippen LogP contribution in [0.3, 0.4) is 0 Å². The molecule has 1 amide bonds. The van der Waals surface area contributed by atoms with Gasteiger partial charge in [-0.05, 0) is 33.4 Å². The standard InChI is InChI=1S/C13H21N3O2/c1-10-8-12(18-15-10)5-6-14-13(17)11-4-3-7-16(2)9-11/h8,11H,3-7,9H2,1-2H3,(H,14,17). The van der Waals surface area contributed by atoms with Gasteiger partial charge >= 0.3 is 0 Å². The highest BCUT2D eigenvalue weighted by Crippen LogP contribution is 2.14. The minimum Gasteiger partial charge on any atom is -0.361 e. The average Bonchev–Trinajstić information content (AvgIpc) is 2.75. The molecule has 0 saturated carbocycles. The molecule has 1 atom stereocenters. The van der Waals surface area contributed by atoms with Gasteiger partial charge in [0, 0.05) is 25.6 Å². The topological polar surface area (TPSA) is 58.4 Å². The second kappa shape index (κ2) is 6.00. The Kier molecular flexibility index (Phi) is 4.36. The largest absolute Gasteiger partial charge is 0.361 e. The van der Waals surface area contributed by atoms with E-state index >= 15 is 0 Å². The van der Waals surface area contributed by atoms with E-state index < -0.39 is 0 Å². The van der Waals surface area contributed by atoms with Crippen molar-refractivity contribution in [2.24, 2.45) is 5.92 Å². The normalized spacial score (nSPS) is 20.9. The van der Waals surface area contributed by atoms with Crippen molar-refractivity contribution in [3.63, 3.8) is 0 Å². The Labute approximate surface area is 108 Å². The zero-order valence-electron chi connectivity index (χ0n) is 11.1. The van der Waals surface area contributed by atoms with Gasteiger partial charge in [0.15, 0.2) is 0 Å². The fourth-order valence-corrected chi connectivity index (χ4v) is 2.37. The van der Waals surface area contributed by atoms with Crippen LogP contribution in [0.5, 0.6) is 0 Å². The number of nitrogens with one attached hydrogen (secondary N) is 1. The summed E-state index contributed by atoms with van der Waals surface area (Å²) in [5.41, 5.74) is 0.880. The molecule has 0 spiro atoms. The molecule has 5 heteroatoms. The Morgan fingerprint density at radius 3 is 3.17 bits per heavy atom. The van der Waals surface area contributed by atoms with Gasteiger partial charge in [-0.3, -0.25) is 4.79 Å². The molecule has 1 aromatic heterocycles. The molecule has 0 aromatic carbocycles. The summed E-state index contributed by atoms with van der Waals surface area (Å²) in [7, 11) is 2.07. The number of rotatable bonds is 4. The third-order valence-corrected chi connectivity index (χ3v) is 3.34. The summed E-state index contributed by atoms with van der Waals surface area (Å²) < 4.78 is 5.10. The molecule has 2 heterocycles. The summed E-state index contributed by atoms with van der Waals surface area (Å²) in [5, 5.41) is 6.80. The number of carbonyl (C=O) groups is 1. The summed E-state index contributed by atoms with van der Waals surface area (Å²) in [6, 6.07) is 1.90. The van der Waals surface area contributed by atoms with Gasteiger partial charge in [-0.25, -0.2) is 0 Å².